The number of carboxylic acid groups (broad SMARTS) is 1. The first-order chi connectivity index (χ1) is 8.05. The zero-order valence-corrected chi connectivity index (χ0v) is 11.1. The third-order valence-electron chi connectivity index (χ3n) is 5.15. The van der Waals surface area contributed by atoms with Crippen molar-refractivity contribution in [3.63, 3.8) is 0 Å². The van der Waals surface area contributed by atoms with E-state index in [-0.39, 0.29) is 5.41 Å². The van der Waals surface area contributed by atoms with Gasteiger partial charge in [-0.2, -0.15) is 0 Å². The van der Waals surface area contributed by atoms with Gasteiger partial charge in [-0.05, 0) is 58.0 Å². The van der Waals surface area contributed by atoms with Gasteiger partial charge in [0.2, 0.25) is 0 Å². The second-order valence-electron chi connectivity index (χ2n) is 6.09. The summed E-state index contributed by atoms with van der Waals surface area (Å²) in [6, 6.07) is 0.620. The Morgan fingerprint density at radius 1 is 1.35 bits per heavy atom. The van der Waals surface area contributed by atoms with Crippen molar-refractivity contribution >= 4 is 5.97 Å². The predicted octanol–water partition coefficient (Wildman–Crippen LogP) is 2.75. The highest BCUT2D eigenvalue weighted by Crippen LogP contribution is 2.44. The zero-order chi connectivity index (χ0) is 12.5. The first-order valence-corrected chi connectivity index (χ1v) is 7.03. The molecule has 0 radical (unpaired) electrons. The Bertz CT molecular complexity index is 286. The average Bonchev–Trinajstić information content (AvgIpc) is 2.22. The largest absolute Gasteiger partial charge is 0.481 e. The molecular weight excluding hydrogens is 214 g/mol. The summed E-state index contributed by atoms with van der Waals surface area (Å²) in [6.07, 6.45) is 6.31. The van der Waals surface area contributed by atoms with Crippen molar-refractivity contribution in [2.75, 3.05) is 13.1 Å². The Kier molecular flexibility index (Phi) is 3.76. The lowest BCUT2D eigenvalue weighted by molar-refractivity contribution is -0.155. The summed E-state index contributed by atoms with van der Waals surface area (Å²) in [4.78, 5) is 13.8. The van der Waals surface area contributed by atoms with Crippen LogP contribution in [0.2, 0.25) is 0 Å². The lowest BCUT2D eigenvalue weighted by atomic mass is 9.66. The van der Waals surface area contributed by atoms with Gasteiger partial charge in [0.1, 0.15) is 0 Å². The minimum absolute atomic E-state index is 0.375. The number of piperidine rings is 1. The normalized spacial score (nSPS) is 33.1. The highest BCUT2D eigenvalue weighted by Gasteiger charge is 2.44. The number of hydrogen-bond acceptors (Lipinski definition) is 2. The van der Waals surface area contributed by atoms with Crippen molar-refractivity contribution in [3.8, 4) is 0 Å². The molecule has 0 spiro atoms. The van der Waals surface area contributed by atoms with Gasteiger partial charge in [0.05, 0.1) is 5.41 Å². The molecule has 0 amide bonds. The third kappa shape index (κ3) is 2.49. The van der Waals surface area contributed by atoms with E-state index < -0.39 is 5.97 Å². The van der Waals surface area contributed by atoms with E-state index in [9.17, 15) is 9.90 Å². The van der Waals surface area contributed by atoms with Crippen LogP contribution in [-0.2, 0) is 4.79 Å². The first-order valence-electron chi connectivity index (χ1n) is 7.03. The van der Waals surface area contributed by atoms with Crippen molar-refractivity contribution in [2.45, 2.75) is 58.4 Å². The van der Waals surface area contributed by atoms with Gasteiger partial charge >= 0.3 is 5.97 Å². The van der Waals surface area contributed by atoms with E-state index in [2.05, 4.69) is 18.7 Å². The van der Waals surface area contributed by atoms with Gasteiger partial charge in [0.15, 0.2) is 0 Å². The summed E-state index contributed by atoms with van der Waals surface area (Å²) in [5.74, 6) is 0.187. The number of aliphatic carboxylic acids is 1. The molecule has 98 valence electrons. The average molecular weight is 239 g/mol. The smallest absolute Gasteiger partial charge is 0.309 e. The van der Waals surface area contributed by atoms with Crippen LogP contribution in [-0.4, -0.2) is 35.1 Å². The van der Waals surface area contributed by atoms with E-state index in [0.717, 1.165) is 44.7 Å². The van der Waals surface area contributed by atoms with Crippen molar-refractivity contribution < 1.29 is 9.90 Å². The Morgan fingerprint density at radius 2 is 2.06 bits per heavy atom. The van der Waals surface area contributed by atoms with Gasteiger partial charge in [-0.3, -0.25) is 4.79 Å². The number of nitrogens with zero attached hydrogens (tertiary/aromatic N) is 1. The Labute approximate surface area is 104 Å². The number of carboxylic acids is 1. The van der Waals surface area contributed by atoms with Gasteiger partial charge in [-0.15, -0.1) is 0 Å². The molecule has 2 rings (SSSR count). The van der Waals surface area contributed by atoms with Crippen LogP contribution in [0.1, 0.15) is 52.4 Å². The molecule has 1 aliphatic heterocycles. The fraction of sp³-hybridized carbons (Fsp3) is 0.929. The number of hydrogen-bond donors (Lipinski definition) is 1. The molecule has 2 unspecified atom stereocenters. The number of carbonyl (C=O) groups is 1. The maximum Gasteiger partial charge on any atom is 0.309 e. The van der Waals surface area contributed by atoms with Crippen LogP contribution in [0.3, 0.4) is 0 Å². The van der Waals surface area contributed by atoms with Gasteiger partial charge < -0.3 is 10.0 Å². The SMILES string of the molecule is CC1CCCN(CCC2(C(=O)O)CCC2)C1C. The van der Waals surface area contributed by atoms with Crippen LogP contribution in [0.15, 0.2) is 0 Å². The van der Waals surface area contributed by atoms with Gasteiger partial charge in [0, 0.05) is 6.04 Å². The van der Waals surface area contributed by atoms with Crippen LogP contribution in [0, 0.1) is 11.3 Å². The van der Waals surface area contributed by atoms with Crippen LogP contribution < -0.4 is 0 Å². The van der Waals surface area contributed by atoms with Crippen LogP contribution >= 0.6 is 0 Å². The maximum absolute atomic E-state index is 11.3. The fourth-order valence-electron chi connectivity index (χ4n) is 3.27. The fourth-order valence-corrected chi connectivity index (χ4v) is 3.27. The second-order valence-corrected chi connectivity index (χ2v) is 6.09. The molecule has 0 aromatic heterocycles. The minimum atomic E-state index is -0.568. The van der Waals surface area contributed by atoms with E-state index in [1.165, 1.54) is 12.8 Å². The monoisotopic (exact) mass is 239 g/mol. The minimum Gasteiger partial charge on any atom is -0.481 e. The molecule has 3 nitrogen and oxygen atoms in total. The lowest BCUT2D eigenvalue weighted by Gasteiger charge is -2.42. The maximum atomic E-state index is 11.3. The van der Waals surface area contributed by atoms with E-state index in [1.807, 2.05) is 0 Å². The molecule has 1 aliphatic carbocycles. The van der Waals surface area contributed by atoms with Crippen LogP contribution in [0.5, 0.6) is 0 Å². The predicted molar refractivity (Wildman–Crippen MR) is 68.0 cm³/mol. The lowest BCUT2D eigenvalue weighted by Crippen LogP contribution is -2.46. The van der Waals surface area contributed by atoms with E-state index in [0.29, 0.717) is 6.04 Å². The zero-order valence-electron chi connectivity index (χ0n) is 11.1. The molecule has 1 heterocycles. The van der Waals surface area contributed by atoms with Crippen molar-refractivity contribution in [1.82, 2.24) is 4.90 Å². The van der Waals surface area contributed by atoms with E-state index >= 15 is 0 Å². The Hall–Kier alpha value is -0.570. The summed E-state index contributed by atoms with van der Waals surface area (Å²) in [5.41, 5.74) is -0.375. The molecule has 0 aromatic rings. The molecule has 2 aliphatic rings. The van der Waals surface area contributed by atoms with Gasteiger partial charge in [-0.25, -0.2) is 0 Å². The molecule has 0 aromatic carbocycles. The van der Waals surface area contributed by atoms with E-state index in [1.54, 1.807) is 0 Å². The number of likely N-dealkylation sites (tertiary alicyclic amines) is 1. The van der Waals surface area contributed by atoms with Crippen molar-refractivity contribution in [1.29, 1.82) is 0 Å². The Morgan fingerprint density at radius 3 is 2.59 bits per heavy atom. The molecule has 1 saturated heterocycles. The topological polar surface area (TPSA) is 40.5 Å². The summed E-state index contributed by atoms with van der Waals surface area (Å²) in [5, 5.41) is 9.31. The van der Waals surface area contributed by atoms with Gasteiger partial charge in [0.25, 0.3) is 0 Å². The number of rotatable bonds is 4. The quantitative estimate of drug-likeness (QED) is 0.820. The second kappa shape index (κ2) is 4.97. The standard InChI is InChI=1S/C14H25NO2/c1-11-5-3-9-15(12(11)2)10-8-14(13(16)17)6-4-7-14/h11-12H,3-10H2,1-2H3,(H,16,17). The van der Waals surface area contributed by atoms with Crippen molar-refractivity contribution in [3.05, 3.63) is 0 Å². The molecule has 1 N–H and O–H groups in total. The van der Waals surface area contributed by atoms with Crippen LogP contribution in [0.25, 0.3) is 0 Å². The van der Waals surface area contributed by atoms with Crippen molar-refractivity contribution in [2.24, 2.45) is 11.3 Å². The van der Waals surface area contributed by atoms with Gasteiger partial charge in [-0.1, -0.05) is 13.3 Å². The first kappa shape index (κ1) is 12.9. The highest BCUT2D eigenvalue weighted by atomic mass is 16.4. The molecule has 2 fully saturated rings. The Balaban J connectivity index is 1.87. The van der Waals surface area contributed by atoms with E-state index in [4.69, 9.17) is 0 Å². The summed E-state index contributed by atoms with van der Waals surface area (Å²) in [6.45, 7) is 6.73. The molecule has 2 atom stereocenters. The molecule has 3 heteroatoms. The third-order valence-corrected chi connectivity index (χ3v) is 5.15. The summed E-state index contributed by atoms with van der Waals surface area (Å²) >= 11 is 0. The molecule has 0 bridgehead atoms. The molecule has 1 saturated carbocycles. The highest BCUT2D eigenvalue weighted by molar-refractivity contribution is 5.75. The summed E-state index contributed by atoms with van der Waals surface area (Å²) in [7, 11) is 0. The summed E-state index contributed by atoms with van der Waals surface area (Å²) < 4.78 is 0. The molecule has 17 heavy (non-hydrogen) atoms. The van der Waals surface area contributed by atoms with Crippen LogP contribution in [0.4, 0.5) is 0 Å². The molecular formula is C14H25NO2.